The lowest BCUT2D eigenvalue weighted by Crippen LogP contribution is -2.45. The largest absolute Gasteiger partial charge is 0.481 e. The van der Waals surface area contributed by atoms with Crippen LogP contribution in [0.1, 0.15) is 19.8 Å². The van der Waals surface area contributed by atoms with Crippen molar-refractivity contribution in [3.63, 3.8) is 0 Å². The van der Waals surface area contributed by atoms with Gasteiger partial charge in [0.1, 0.15) is 5.75 Å². The number of nitrogens with zero attached hydrogens (tertiary/aromatic N) is 1. The van der Waals surface area contributed by atoms with Crippen molar-refractivity contribution in [1.82, 2.24) is 4.90 Å². The highest BCUT2D eigenvalue weighted by atomic mass is 35.5. The molecule has 106 valence electrons. The van der Waals surface area contributed by atoms with Gasteiger partial charge in [0, 0.05) is 19.1 Å². The molecule has 0 spiro atoms. The van der Waals surface area contributed by atoms with Crippen LogP contribution in [-0.4, -0.2) is 36.0 Å². The Bertz CT molecular complexity index is 400. The number of nitrogens with two attached hydrogens (primary N) is 1. The summed E-state index contributed by atoms with van der Waals surface area (Å²) in [5.74, 6) is 0.758. The summed E-state index contributed by atoms with van der Waals surface area (Å²) in [7, 11) is 0. The van der Waals surface area contributed by atoms with Crippen molar-refractivity contribution >= 4 is 18.3 Å². The Morgan fingerprint density at radius 3 is 2.79 bits per heavy atom. The van der Waals surface area contributed by atoms with Gasteiger partial charge in [-0.25, -0.2) is 0 Å². The van der Waals surface area contributed by atoms with Gasteiger partial charge in [0.25, 0.3) is 5.91 Å². The van der Waals surface area contributed by atoms with Crippen molar-refractivity contribution < 1.29 is 9.53 Å². The van der Waals surface area contributed by atoms with E-state index in [1.54, 1.807) is 6.92 Å². The first-order valence-electron chi connectivity index (χ1n) is 6.44. The number of hydrogen-bond acceptors (Lipinski definition) is 3. The van der Waals surface area contributed by atoms with E-state index in [4.69, 9.17) is 10.5 Å². The maximum absolute atomic E-state index is 12.3. The molecule has 2 rings (SSSR count). The Balaban J connectivity index is 0.00000180. The van der Waals surface area contributed by atoms with E-state index >= 15 is 0 Å². The molecule has 5 heteroatoms. The van der Waals surface area contributed by atoms with Crippen LogP contribution in [0.2, 0.25) is 0 Å². The predicted octanol–water partition coefficient (Wildman–Crippen LogP) is 1.83. The van der Waals surface area contributed by atoms with Crippen molar-refractivity contribution in [2.45, 2.75) is 31.9 Å². The Morgan fingerprint density at radius 1 is 1.47 bits per heavy atom. The molecule has 1 aromatic carbocycles. The Kier molecular flexibility index (Phi) is 6.12. The molecular weight excluding hydrogens is 264 g/mol. The molecule has 1 amide bonds. The second kappa shape index (κ2) is 7.36. The number of halogens is 1. The van der Waals surface area contributed by atoms with E-state index in [9.17, 15) is 4.79 Å². The third-order valence-corrected chi connectivity index (χ3v) is 3.34. The number of likely N-dealkylation sites (tertiary alicyclic amines) is 1. The summed E-state index contributed by atoms with van der Waals surface area (Å²) in [4.78, 5) is 14.1. The summed E-state index contributed by atoms with van der Waals surface area (Å²) in [6, 6.07) is 9.60. The molecule has 0 saturated carbocycles. The second-order valence-corrected chi connectivity index (χ2v) is 4.64. The van der Waals surface area contributed by atoms with E-state index in [1.165, 1.54) is 0 Å². The fourth-order valence-corrected chi connectivity index (χ4v) is 2.36. The summed E-state index contributed by atoms with van der Waals surface area (Å²) >= 11 is 0. The summed E-state index contributed by atoms with van der Waals surface area (Å²) in [6.07, 6.45) is 1.57. The monoisotopic (exact) mass is 284 g/mol. The van der Waals surface area contributed by atoms with E-state index in [-0.39, 0.29) is 24.4 Å². The van der Waals surface area contributed by atoms with E-state index in [2.05, 4.69) is 0 Å². The minimum Gasteiger partial charge on any atom is -0.481 e. The minimum atomic E-state index is -0.459. The van der Waals surface area contributed by atoms with Gasteiger partial charge in [0.15, 0.2) is 6.10 Å². The first-order chi connectivity index (χ1) is 8.72. The third-order valence-electron chi connectivity index (χ3n) is 3.34. The van der Waals surface area contributed by atoms with Crippen molar-refractivity contribution in [2.24, 2.45) is 5.73 Å². The predicted molar refractivity (Wildman–Crippen MR) is 77.6 cm³/mol. The number of ether oxygens (including phenoxy) is 1. The SMILES string of the molecule is CC(Oc1ccccc1)C(=O)N1CCCC1CN.Cl. The zero-order valence-electron chi connectivity index (χ0n) is 11.1. The summed E-state index contributed by atoms with van der Waals surface area (Å²) in [5, 5.41) is 0. The Hall–Kier alpha value is -1.26. The first-order valence-corrected chi connectivity index (χ1v) is 6.44. The van der Waals surface area contributed by atoms with Gasteiger partial charge in [-0.3, -0.25) is 4.79 Å². The lowest BCUT2D eigenvalue weighted by molar-refractivity contribution is -0.138. The summed E-state index contributed by atoms with van der Waals surface area (Å²) in [6.45, 7) is 3.12. The van der Waals surface area contributed by atoms with Crippen molar-refractivity contribution in [2.75, 3.05) is 13.1 Å². The Morgan fingerprint density at radius 2 is 2.16 bits per heavy atom. The number of benzene rings is 1. The van der Waals surface area contributed by atoms with Crippen molar-refractivity contribution in [1.29, 1.82) is 0 Å². The molecule has 0 aromatic heterocycles. The number of amides is 1. The van der Waals surface area contributed by atoms with Crippen LogP contribution in [0.25, 0.3) is 0 Å². The van der Waals surface area contributed by atoms with Crippen LogP contribution in [0, 0.1) is 0 Å². The zero-order chi connectivity index (χ0) is 13.0. The van der Waals surface area contributed by atoms with Gasteiger partial charge in [0.05, 0.1) is 0 Å². The molecule has 0 aliphatic carbocycles. The molecule has 2 N–H and O–H groups in total. The Labute approximate surface area is 120 Å². The third kappa shape index (κ3) is 3.85. The van der Waals surface area contributed by atoms with Gasteiger partial charge < -0.3 is 15.4 Å². The standard InChI is InChI=1S/C14H20N2O2.ClH/c1-11(18-13-7-3-2-4-8-13)14(17)16-9-5-6-12(16)10-15;/h2-4,7-8,11-12H,5-6,9-10,15H2,1H3;1H. The average Bonchev–Trinajstić information content (AvgIpc) is 2.87. The molecule has 0 bridgehead atoms. The van der Waals surface area contributed by atoms with Gasteiger partial charge >= 0.3 is 0 Å². The number of carbonyl (C=O) groups is 1. The van der Waals surface area contributed by atoms with Crippen LogP contribution >= 0.6 is 12.4 Å². The maximum Gasteiger partial charge on any atom is 0.263 e. The van der Waals surface area contributed by atoms with Crippen LogP contribution in [0.3, 0.4) is 0 Å². The fraction of sp³-hybridized carbons (Fsp3) is 0.500. The highest BCUT2D eigenvalue weighted by molar-refractivity contribution is 5.85. The molecule has 1 aliphatic heterocycles. The number of hydrogen-bond donors (Lipinski definition) is 1. The van der Waals surface area contributed by atoms with Crippen molar-refractivity contribution in [3.05, 3.63) is 30.3 Å². The zero-order valence-corrected chi connectivity index (χ0v) is 11.9. The lowest BCUT2D eigenvalue weighted by atomic mass is 10.2. The highest BCUT2D eigenvalue weighted by Crippen LogP contribution is 2.19. The lowest BCUT2D eigenvalue weighted by Gasteiger charge is -2.26. The van der Waals surface area contributed by atoms with Crippen LogP contribution in [0.5, 0.6) is 5.75 Å². The maximum atomic E-state index is 12.3. The van der Waals surface area contributed by atoms with Gasteiger partial charge in [0.2, 0.25) is 0 Å². The quantitative estimate of drug-likeness (QED) is 0.918. The molecule has 1 aromatic rings. The second-order valence-electron chi connectivity index (χ2n) is 4.64. The van der Waals surface area contributed by atoms with Crippen LogP contribution in [0.4, 0.5) is 0 Å². The molecule has 4 nitrogen and oxygen atoms in total. The molecule has 1 saturated heterocycles. The molecule has 19 heavy (non-hydrogen) atoms. The molecule has 1 aliphatic rings. The minimum absolute atomic E-state index is 0. The molecule has 1 fully saturated rings. The van der Waals surface area contributed by atoms with E-state index < -0.39 is 6.10 Å². The van der Waals surface area contributed by atoms with Crippen LogP contribution in [-0.2, 0) is 4.79 Å². The van der Waals surface area contributed by atoms with Gasteiger partial charge in [-0.05, 0) is 31.9 Å². The van der Waals surface area contributed by atoms with E-state index in [0.29, 0.717) is 6.54 Å². The van der Waals surface area contributed by atoms with Gasteiger partial charge in [-0.1, -0.05) is 18.2 Å². The number of para-hydroxylation sites is 1. The number of carbonyl (C=O) groups excluding carboxylic acids is 1. The van der Waals surface area contributed by atoms with E-state index in [0.717, 1.165) is 25.1 Å². The van der Waals surface area contributed by atoms with Crippen LogP contribution < -0.4 is 10.5 Å². The summed E-state index contributed by atoms with van der Waals surface area (Å²) < 4.78 is 5.65. The van der Waals surface area contributed by atoms with Gasteiger partial charge in [-0.2, -0.15) is 0 Å². The van der Waals surface area contributed by atoms with Crippen LogP contribution in [0.15, 0.2) is 30.3 Å². The summed E-state index contributed by atoms with van der Waals surface area (Å²) in [5.41, 5.74) is 5.68. The molecule has 1 heterocycles. The normalized spacial score (nSPS) is 19.7. The topological polar surface area (TPSA) is 55.6 Å². The average molecular weight is 285 g/mol. The smallest absolute Gasteiger partial charge is 0.263 e. The molecule has 0 radical (unpaired) electrons. The van der Waals surface area contributed by atoms with Gasteiger partial charge in [-0.15, -0.1) is 12.4 Å². The van der Waals surface area contributed by atoms with E-state index in [1.807, 2.05) is 35.2 Å². The first kappa shape index (κ1) is 15.8. The molecular formula is C14H21ClN2O2. The van der Waals surface area contributed by atoms with Crippen molar-refractivity contribution in [3.8, 4) is 5.75 Å². The highest BCUT2D eigenvalue weighted by Gasteiger charge is 2.31. The molecule has 2 unspecified atom stereocenters. The number of rotatable bonds is 4. The fourth-order valence-electron chi connectivity index (χ4n) is 2.36. The molecule has 2 atom stereocenters.